The lowest BCUT2D eigenvalue weighted by molar-refractivity contribution is -0.131. The summed E-state index contributed by atoms with van der Waals surface area (Å²) in [7, 11) is 0. The van der Waals surface area contributed by atoms with E-state index in [0.29, 0.717) is 41.1 Å². The van der Waals surface area contributed by atoms with Gasteiger partial charge in [0.2, 0.25) is 5.91 Å². The van der Waals surface area contributed by atoms with Gasteiger partial charge in [-0.2, -0.15) is 0 Å². The van der Waals surface area contributed by atoms with Crippen LogP contribution in [0.3, 0.4) is 0 Å². The number of carbonyl (C=O) groups excluding carboxylic acids is 3. The topological polar surface area (TPSA) is 94.6 Å². The first-order valence-electron chi connectivity index (χ1n) is 13.0. The molecule has 0 saturated carbocycles. The summed E-state index contributed by atoms with van der Waals surface area (Å²) < 4.78 is 13.3. The number of piperidine rings is 2. The molecule has 3 atom stereocenters. The number of hydrogen-bond donors (Lipinski definition) is 2. The molecule has 8 nitrogen and oxygen atoms in total. The number of amides is 3. The highest BCUT2D eigenvalue weighted by molar-refractivity contribution is 7.17. The molecular formula is C27H36FN5O3S. The second-order valence-electron chi connectivity index (χ2n) is 10.3. The number of thiazole rings is 1. The lowest BCUT2D eigenvalue weighted by atomic mass is 9.88. The molecule has 2 N–H and O–H groups in total. The van der Waals surface area contributed by atoms with E-state index in [1.54, 1.807) is 13.8 Å². The second kappa shape index (κ2) is 12.1. The number of carbonyl (C=O) groups is 3. The molecule has 2 fully saturated rings. The molecule has 1 aromatic heterocycles. The molecule has 200 valence electrons. The van der Waals surface area contributed by atoms with Crippen LogP contribution in [0.2, 0.25) is 0 Å². The number of halogens is 1. The van der Waals surface area contributed by atoms with Crippen LogP contribution < -0.4 is 10.6 Å². The van der Waals surface area contributed by atoms with Crippen LogP contribution in [0.5, 0.6) is 0 Å². The number of benzene rings is 1. The summed E-state index contributed by atoms with van der Waals surface area (Å²) in [6, 6.07) is 6.33. The zero-order valence-electron chi connectivity index (χ0n) is 21.8. The minimum atomic E-state index is -0.344. The Bertz CT molecular complexity index is 1120. The number of ketones is 1. The summed E-state index contributed by atoms with van der Waals surface area (Å²) in [6.07, 6.45) is 3.83. The molecule has 0 aliphatic carbocycles. The van der Waals surface area contributed by atoms with Crippen molar-refractivity contribution in [3.63, 3.8) is 0 Å². The van der Waals surface area contributed by atoms with Crippen molar-refractivity contribution in [2.75, 3.05) is 38.0 Å². The third kappa shape index (κ3) is 7.35. The van der Waals surface area contributed by atoms with Crippen molar-refractivity contribution in [3.05, 3.63) is 46.2 Å². The molecule has 0 bridgehead atoms. The maximum absolute atomic E-state index is 13.3. The van der Waals surface area contributed by atoms with Gasteiger partial charge in [0, 0.05) is 52.0 Å². The van der Waals surface area contributed by atoms with Crippen LogP contribution in [0.25, 0.3) is 0 Å². The molecule has 2 aliphatic rings. The number of likely N-dealkylation sites (tertiary alicyclic amines) is 2. The quantitative estimate of drug-likeness (QED) is 0.527. The SMILES string of the molecule is CC(=O)c1sc(NC(=O)N[C@@H]2CCN(C(C)=O)C[C@H]2CN2CCCC(Cc3ccc(F)cc3)C2)nc1C. The number of aromatic nitrogens is 1. The van der Waals surface area contributed by atoms with Gasteiger partial charge in [-0.3, -0.25) is 14.9 Å². The maximum atomic E-state index is 13.3. The van der Waals surface area contributed by atoms with Gasteiger partial charge in [0.15, 0.2) is 10.9 Å². The van der Waals surface area contributed by atoms with Gasteiger partial charge in [0.05, 0.1) is 10.6 Å². The van der Waals surface area contributed by atoms with Gasteiger partial charge in [-0.15, -0.1) is 0 Å². The molecule has 3 amide bonds. The smallest absolute Gasteiger partial charge is 0.321 e. The Morgan fingerprint density at radius 2 is 1.86 bits per heavy atom. The van der Waals surface area contributed by atoms with E-state index < -0.39 is 0 Å². The molecular weight excluding hydrogens is 493 g/mol. The van der Waals surface area contributed by atoms with Crippen LogP contribution in [-0.4, -0.2) is 71.3 Å². The van der Waals surface area contributed by atoms with Crippen molar-refractivity contribution in [1.29, 1.82) is 0 Å². The average Bonchev–Trinajstić information content (AvgIpc) is 3.21. The number of aryl methyl sites for hydroxylation is 1. The van der Waals surface area contributed by atoms with Crippen LogP contribution >= 0.6 is 11.3 Å². The largest absolute Gasteiger partial charge is 0.342 e. The van der Waals surface area contributed by atoms with E-state index in [1.807, 2.05) is 17.0 Å². The summed E-state index contributed by atoms with van der Waals surface area (Å²) in [4.78, 5) is 45.9. The standard InChI is InChI=1S/C27H36FN5O3S/c1-17-25(18(2)34)37-27(29-17)31-26(36)30-24-10-12-33(19(3)35)16-22(24)15-32-11-4-5-21(14-32)13-20-6-8-23(28)9-7-20/h6-9,21-22,24H,4-5,10-16H2,1-3H3,(H2,29,30,31,36)/t21?,22-,24-/m1/s1. The summed E-state index contributed by atoms with van der Waals surface area (Å²) in [6.45, 7) is 8.77. The predicted octanol–water partition coefficient (Wildman–Crippen LogP) is 4.11. The van der Waals surface area contributed by atoms with Gasteiger partial charge in [-0.1, -0.05) is 23.5 Å². The fourth-order valence-corrected chi connectivity index (χ4v) is 6.40. The molecule has 37 heavy (non-hydrogen) atoms. The summed E-state index contributed by atoms with van der Waals surface area (Å²) >= 11 is 1.18. The van der Waals surface area contributed by atoms with Crippen LogP contribution in [-0.2, 0) is 11.2 Å². The molecule has 4 rings (SSSR count). The molecule has 3 heterocycles. The molecule has 1 unspecified atom stereocenters. The van der Waals surface area contributed by atoms with Crippen molar-refractivity contribution in [2.24, 2.45) is 11.8 Å². The third-order valence-corrected chi connectivity index (χ3v) is 8.54. The van der Waals surface area contributed by atoms with E-state index >= 15 is 0 Å². The zero-order valence-corrected chi connectivity index (χ0v) is 22.6. The van der Waals surface area contributed by atoms with Gasteiger partial charge in [-0.25, -0.2) is 14.2 Å². The fraction of sp³-hybridized carbons (Fsp3) is 0.556. The van der Waals surface area contributed by atoms with Crippen LogP contribution in [0.4, 0.5) is 14.3 Å². The molecule has 0 radical (unpaired) electrons. The summed E-state index contributed by atoms with van der Waals surface area (Å²) in [5.74, 6) is 0.354. The number of hydrogen-bond acceptors (Lipinski definition) is 6. The van der Waals surface area contributed by atoms with Crippen molar-refractivity contribution in [1.82, 2.24) is 20.1 Å². The van der Waals surface area contributed by atoms with E-state index in [0.717, 1.165) is 44.5 Å². The first kappa shape index (κ1) is 27.2. The van der Waals surface area contributed by atoms with Gasteiger partial charge in [0.1, 0.15) is 5.82 Å². The third-order valence-electron chi connectivity index (χ3n) is 7.37. The maximum Gasteiger partial charge on any atom is 0.321 e. The van der Waals surface area contributed by atoms with Gasteiger partial charge < -0.3 is 15.1 Å². The van der Waals surface area contributed by atoms with E-state index in [1.165, 1.54) is 30.4 Å². The number of nitrogens with zero attached hydrogens (tertiary/aromatic N) is 3. The first-order valence-corrected chi connectivity index (χ1v) is 13.8. The van der Waals surface area contributed by atoms with E-state index in [-0.39, 0.29) is 35.5 Å². The number of urea groups is 1. The van der Waals surface area contributed by atoms with E-state index in [4.69, 9.17) is 0 Å². The Morgan fingerprint density at radius 3 is 2.54 bits per heavy atom. The Labute approximate surface area is 221 Å². The highest BCUT2D eigenvalue weighted by Crippen LogP contribution is 2.26. The summed E-state index contributed by atoms with van der Waals surface area (Å²) in [5, 5.41) is 6.30. The monoisotopic (exact) mass is 529 g/mol. The van der Waals surface area contributed by atoms with Crippen LogP contribution in [0, 0.1) is 24.6 Å². The van der Waals surface area contributed by atoms with Crippen molar-refractivity contribution >= 4 is 34.2 Å². The Kier molecular flexibility index (Phi) is 8.91. The van der Waals surface area contributed by atoms with Crippen molar-refractivity contribution in [2.45, 2.75) is 52.5 Å². The van der Waals surface area contributed by atoms with Crippen molar-refractivity contribution < 1.29 is 18.8 Å². The lowest BCUT2D eigenvalue weighted by Gasteiger charge is -2.42. The van der Waals surface area contributed by atoms with Gasteiger partial charge in [-0.05, 0) is 62.8 Å². The highest BCUT2D eigenvalue weighted by atomic mass is 32.1. The van der Waals surface area contributed by atoms with Crippen molar-refractivity contribution in [3.8, 4) is 0 Å². The Balaban J connectivity index is 1.38. The first-order chi connectivity index (χ1) is 17.7. The minimum absolute atomic E-state index is 0.0516. The van der Waals surface area contributed by atoms with Crippen LogP contribution in [0.1, 0.15) is 54.0 Å². The normalized spacial score (nSPS) is 22.5. The number of Topliss-reactive ketones (excluding diaryl/α,β-unsaturated/α-hetero) is 1. The number of nitrogens with one attached hydrogen (secondary N) is 2. The second-order valence-corrected chi connectivity index (χ2v) is 11.3. The molecule has 2 saturated heterocycles. The predicted molar refractivity (Wildman–Crippen MR) is 142 cm³/mol. The molecule has 10 heteroatoms. The number of anilines is 1. The van der Waals surface area contributed by atoms with E-state index in [9.17, 15) is 18.8 Å². The Hall–Kier alpha value is -2.85. The highest BCUT2D eigenvalue weighted by Gasteiger charge is 2.34. The average molecular weight is 530 g/mol. The van der Waals surface area contributed by atoms with Crippen LogP contribution in [0.15, 0.2) is 24.3 Å². The zero-order chi connectivity index (χ0) is 26.5. The molecule has 2 aromatic rings. The van der Waals surface area contributed by atoms with E-state index in [2.05, 4.69) is 20.5 Å². The lowest BCUT2D eigenvalue weighted by Crippen LogP contribution is -2.56. The fourth-order valence-electron chi connectivity index (χ4n) is 5.54. The number of rotatable bonds is 7. The molecule has 1 aromatic carbocycles. The summed E-state index contributed by atoms with van der Waals surface area (Å²) in [5.41, 5.74) is 1.76. The van der Waals surface area contributed by atoms with Gasteiger partial charge in [0.25, 0.3) is 0 Å². The molecule has 2 aliphatic heterocycles. The van der Waals surface area contributed by atoms with Gasteiger partial charge >= 0.3 is 6.03 Å². The minimum Gasteiger partial charge on any atom is -0.342 e. The molecule has 0 spiro atoms. The Morgan fingerprint density at radius 1 is 1.11 bits per heavy atom.